The minimum Gasteiger partial charge on any atom is -0.480 e. The Morgan fingerprint density at radius 2 is 2.04 bits per heavy atom. The molecule has 25 heavy (non-hydrogen) atoms. The monoisotopic (exact) mass is 345 g/mol. The van der Waals surface area contributed by atoms with Gasteiger partial charge in [-0.15, -0.1) is 15.3 Å². The zero-order chi connectivity index (χ0) is 17.2. The van der Waals surface area contributed by atoms with Crippen molar-refractivity contribution in [3.8, 4) is 5.88 Å². The number of piperidine rings is 1. The van der Waals surface area contributed by atoms with Crippen LogP contribution in [0, 0.1) is 0 Å². The van der Waals surface area contributed by atoms with Crippen LogP contribution in [0.25, 0.3) is 5.65 Å². The molecule has 3 aromatic rings. The highest BCUT2D eigenvalue weighted by atomic mass is 16.5. The fourth-order valence-corrected chi connectivity index (χ4v) is 3.04. The van der Waals surface area contributed by atoms with Gasteiger partial charge in [-0.25, -0.2) is 0 Å². The van der Waals surface area contributed by atoms with E-state index in [9.17, 15) is 0 Å². The maximum absolute atomic E-state index is 5.31. The van der Waals surface area contributed by atoms with E-state index < -0.39 is 0 Å². The zero-order valence-electron chi connectivity index (χ0n) is 14.1. The SMILES string of the molecule is COCc1noc(N2CCC(c3nnc4ccc(OC)nn34)CC2)n1. The predicted octanol–water partition coefficient (Wildman–Crippen LogP) is 1.05. The molecule has 10 heteroatoms. The number of aromatic nitrogens is 6. The van der Waals surface area contributed by atoms with E-state index in [1.807, 2.05) is 6.07 Å². The molecule has 0 spiro atoms. The minimum atomic E-state index is 0.271. The molecular formula is C15H19N7O3. The van der Waals surface area contributed by atoms with Gasteiger partial charge in [-0.05, 0) is 18.9 Å². The second-order valence-electron chi connectivity index (χ2n) is 5.89. The first-order valence-corrected chi connectivity index (χ1v) is 8.11. The summed E-state index contributed by atoms with van der Waals surface area (Å²) in [5.74, 6) is 2.23. The molecule has 4 rings (SSSR count). The number of rotatable bonds is 5. The maximum atomic E-state index is 5.31. The summed E-state index contributed by atoms with van der Waals surface area (Å²) in [7, 11) is 3.20. The Morgan fingerprint density at radius 1 is 1.20 bits per heavy atom. The van der Waals surface area contributed by atoms with Crippen molar-refractivity contribution in [2.75, 3.05) is 32.2 Å². The Labute approximate surface area is 143 Å². The molecule has 3 aromatic heterocycles. The van der Waals surface area contributed by atoms with E-state index in [2.05, 4.69) is 30.3 Å². The third-order valence-electron chi connectivity index (χ3n) is 4.33. The molecule has 4 heterocycles. The highest BCUT2D eigenvalue weighted by molar-refractivity contribution is 5.38. The molecule has 0 radical (unpaired) electrons. The normalized spacial score (nSPS) is 15.8. The topological polar surface area (TPSA) is 104 Å². The largest absolute Gasteiger partial charge is 0.480 e. The van der Waals surface area contributed by atoms with Crippen molar-refractivity contribution in [1.29, 1.82) is 0 Å². The molecule has 0 amide bonds. The molecule has 1 aliphatic heterocycles. The lowest BCUT2D eigenvalue weighted by Gasteiger charge is -2.29. The second kappa shape index (κ2) is 6.63. The number of nitrogens with zero attached hydrogens (tertiary/aromatic N) is 7. The Balaban J connectivity index is 1.48. The van der Waals surface area contributed by atoms with Crippen LogP contribution >= 0.6 is 0 Å². The molecule has 0 N–H and O–H groups in total. The molecule has 0 aliphatic carbocycles. The van der Waals surface area contributed by atoms with Crippen LogP contribution in [0.1, 0.15) is 30.4 Å². The quantitative estimate of drug-likeness (QED) is 0.671. The van der Waals surface area contributed by atoms with E-state index in [-0.39, 0.29) is 5.92 Å². The molecule has 0 atom stereocenters. The van der Waals surface area contributed by atoms with Gasteiger partial charge in [0.1, 0.15) is 6.61 Å². The molecule has 0 aromatic carbocycles. The number of fused-ring (bicyclic) bond motifs is 1. The van der Waals surface area contributed by atoms with Crippen molar-refractivity contribution in [1.82, 2.24) is 30.0 Å². The number of methoxy groups -OCH3 is 2. The van der Waals surface area contributed by atoms with Crippen LogP contribution < -0.4 is 9.64 Å². The van der Waals surface area contributed by atoms with Gasteiger partial charge in [0.25, 0.3) is 0 Å². The second-order valence-corrected chi connectivity index (χ2v) is 5.89. The average molecular weight is 345 g/mol. The van der Waals surface area contributed by atoms with Crippen LogP contribution in [0.3, 0.4) is 0 Å². The van der Waals surface area contributed by atoms with Crippen molar-refractivity contribution in [2.24, 2.45) is 0 Å². The highest BCUT2D eigenvalue weighted by Gasteiger charge is 2.27. The third kappa shape index (κ3) is 3.00. The Hall–Kier alpha value is -2.75. The van der Waals surface area contributed by atoms with Gasteiger partial charge in [0.15, 0.2) is 17.3 Å². The van der Waals surface area contributed by atoms with Gasteiger partial charge in [0, 0.05) is 32.2 Å². The number of anilines is 1. The standard InChI is InChI=1S/C15H19N7O3/c1-23-9-11-16-15(25-20-11)21-7-5-10(6-8-21)14-18-17-12-3-4-13(24-2)19-22(12)14/h3-4,10H,5-9H2,1-2H3. The lowest BCUT2D eigenvalue weighted by molar-refractivity contribution is 0.174. The van der Waals surface area contributed by atoms with Crippen molar-refractivity contribution >= 4 is 11.7 Å². The lowest BCUT2D eigenvalue weighted by atomic mass is 9.96. The van der Waals surface area contributed by atoms with Gasteiger partial charge in [0.05, 0.1) is 7.11 Å². The fraction of sp³-hybridized carbons (Fsp3) is 0.533. The fourth-order valence-electron chi connectivity index (χ4n) is 3.04. The lowest BCUT2D eigenvalue weighted by Crippen LogP contribution is -2.33. The number of hydrogen-bond donors (Lipinski definition) is 0. The molecule has 0 bridgehead atoms. The van der Waals surface area contributed by atoms with Gasteiger partial charge in [-0.3, -0.25) is 0 Å². The summed E-state index contributed by atoms with van der Waals surface area (Å²) in [6, 6.07) is 4.17. The summed E-state index contributed by atoms with van der Waals surface area (Å²) in [4.78, 5) is 6.43. The average Bonchev–Trinajstić information content (AvgIpc) is 3.28. The summed E-state index contributed by atoms with van der Waals surface area (Å²) >= 11 is 0. The summed E-state index contributed by atoms with van der Waals surface area (Å²) < 4.78 is 17.3. The summed E-state index contributed by atoms with van der Waals surface area (Å²) in [6.07, 6.45) is 1.81. The maximum Gasteiger partial charge on any atom is 0.324 e. The smallest absolute Gasteiger partial charge is 0.324 e. The van der Waals surface area contributed by atoms with E-state index >= 15 is 0 Å². The first-order valence-electron chi connectivity index (χ1n) is 8.11. The molecule has 10 nitrogen and oxygen atoms in total. The highest BCUT2D eigenvalue weighted by Crippen LogP contribution is 2.29. The molecule has 0 unspecified atom stereocenters. The first kappa shape index (κ1) is 15.8. The van der Waals surface area contributed by atoms with Crippen LogP contribution in [0.15, 0.2) is 16.7 Å². The van der Waals surface area contributed by atoms with Crippen molar-refractivity contribution in [2.45, 2.75) is 25.4 Å². The van der Waals surface area contributed by atoms with Gasteiger partial charge in [-0.2, -0.15) is 9.50 Å². The minimum absolute atomic E-state index is 0.271. The van der Waals surface area contributed by atoms with Gasteiger partial charge in [-0.1, -0.05) is 5.16 Å². The van der Waals surface area contributed by atoms with Gasteiger partial charge in [0.2, 0.25) is 5.88 Å². The summed E-state index contributed by atoms with van der Waals surface area (Å²) in [6.45, 7) is 1.95. The number of hydrogen-bond acceptors (Lipinski definition) is 9. The van der Waals surface area contributed by atoms with Gasteiger partial charge < -0.3 is 18.9 Å². The third-order valence-corrected chi connectivity index (χ3v) is 4.33. The Kier molecular flexibility index (Phi) is 4.18. The Bertz CT molecular complexity index is 854. The van der Waals surface area contributed by atoms with E-state index in [1.165, 1.54) is 0 Å². The molecular weight excluding hydrogens is 326 g/mol. The number of ether oxygens (including phenoxy) is 2. The summed E-state index contributed by atoms with van der Waals surface area (Å²) in [5, 5.41) is 16.9. The van der Waals surface area contributed by atoms with E-state index in [1.54, 1.807) is 24.8 Å². The van der Waals surface area contributed by atoms with Crippen LogP contribution in [0.4, 0.5) is 6.01 Å². The molecule has 1 saturated heterocycles. The van der Waals surface area contributed by atoms with E-state index in [0.29, 0.717) is 24.3 Å². The first-order chi connectivity index (χ1) is 12.3. The predicted molar refractivity (Wildman–Crippen MR) is 86.5 cm³/mol. The zero-order valence-corrected chi connectivity index (χ0v) is 14.1. The van der Waals surface area contributed by atoms with E-state index in [0.717, 1.165) is 37.4 Å². The molecule has 132 valence electrons. The molecule has 0 saturated carbocycles. The summed E-state index contributed by atoms with van der Waals surface area (Å²) in [5.41, 5.74) is 0.722. The van der Waals surface area contributed by atoms with Gasteiger partial charge >= 0.3 is 6.01 Å². The van der Waals surface area contributed by atoms with Crippen LogP contribution in [0.5, 0.6) is 5.88 Å². The van der Waals surface area contributed by atoms with E-state index in [4.69, 9.17) is 14.0 Å². The van der Waals surface area contributed by atoms with Crippen molar-refractivity contribution < 1.29 is 14.0 Å². The van der Waals surface area contributed by atoms with Crippen molar-refractivity contribution in [3.05, 3.63) is 23.8 Å². The van der Waals surface area contributed by atoms with Crippen LogP contribution in [-0.2, 0) is 11.3 Å². The molecule has 1 fully saturated rings. The van der Waals surface area contributed by atoms with Crippen LogP contribution in [-0.4, -0.2) is 57.3 Å². The van der Waals surface area contributed by atoms with Crippen molar-refractivity contribution in [3.63, 3.8) is 0 Å². The molecule has 1 aliphatic rings. The Morgan fingerprint density at radius 3 is 2.80 bits per heavy atom. The van der Waals surface area contributed by atoms with Crippen LogP contribution in [0.2, 0.25) is 0 Å².